The number of ketones is 2. The lowest BCUT2D eigenvalue weighted by Crippen LogP contribution is -2.64. The van der Waals surface area contributed by atoms with Gasteiger partial charge in [0.1, 0.15) is 24.0 Å². The Labute approximate surface area is 373 Å². The van der Waals surface area contributed by atoms with E-state index in [-0.39, 0.29) is 56.0 Å². The summed E-state index contributed by atoms with van der Waals surface area (Å²) in [6.07, 6.45) is 4.70. The third-order valence-electron chi connectivity index (χ3n) is 13.4. The Balaban J connectivity index is 1.80. The maximum atomic E-state index is 14.4. The molecule has 1 aliphatic carbocycles. The van der Waals surface area contributed by atoms with E-state index in [0.29, 0.717) is 50.5 Å². The highest BCUT2D eigenvalue weighted by Gasteiger charge is 2.56. The van der Waals surface area contributed by atoms with Crippen LogP contribution in [0.5, 0.6) is 0 Å². The molecular weight excluding hydrogens is 815 g/mol. The molecule has 0 spiro atoms. The van der Waals surface area contributed by atoms with Crippen LogP contribution in [0.25, 0.3) is 0 Å². The van der Waals surface area contributed by atoms with Gasteiger partial charge in [0.25, 0.3) is 11.7 Å². The number of carbonyl (C=O) groups excluding carboxylic acids is 5. The zero-order valence-corrected chi connectivity index (χ0v) is 39.2. The highest BCUT2D eigenvalue weighted by Crippen LogP contribution is 2.39. The van der Waals surface area contributed by atoms with Crippen LogP contribution < -0.4 is 0 Å². The molecule has 3 aliphatic heterocycles. The number of hydrogen-bond acceptors (Lipinski definition) is 14. The highest BCUT2D eigenvalue weighted by molar-refractivity contribution is 6.39. The Bertz CT molecular complexity index is 1670. The van der Waals surface area contributed by atoms with Crippen LogP contribution in [-0.4, -0.2) is 138 Å². The standard InChI is InChI=1S/C48H75NO14/c1-27(2)61-42(53)16-13-14-34-21-28(3)20-29(4)22-40(59-9)44-41(60-10)24-31(6)48(57,63-44)45(54)46(55)49-19-12-11-15-35(49)47(56)62-43(32(7)37(51)26-38(34)52)30(5)23-33-17-18-36(50)39(25-33)58-8/h13,16,21,23,27,29,31-37,39-41,43-44,50-51,57H,11-12,14-15,17-20,22,24-26H2,1-10H3/b16-13+,28-21+,30-23+/t29-,31+,32+,33-,34+,35-,36+,37-,39+,40-,41-,43+,44+,48+/m0/s1. The number of aliphatic hydroxyl groups excluding tert-OH is 2. The largest absolute Gasteiger partial charge is 0.460 e. The number of piperidine rings is 1. The molecule has 4 rings (SSSR count). The number of aliphatic hydroxyl groups is 3. The van der Waals surface area contributed by atoms with Crippen molar-refractivity contribution in [2.45, 2.75) is 180 Å². The summed E-state index contributed by atoms with van der Waals surface area (Å²) >= 11 is 0. The molecule has 1 saturated carbocycles. The first-order valence-electron chi connectivity index (χ1n) is 22.9. The van der Waals surface area contributed by atoms with Gasteiger partial charge >= 0.3 is 11.9 Å². The molecule has 15 nitrogen and oxygen atoms in total. The Morgan fingerprint density at radius 3 is 2.24 bits per heavy atom. The molecule has 15 heteroatoms. The van der Waals surface area contributed by atoms with Crippen LogP contribution in [-0.2, 0) is 52.4 Å². The van der Waals surface area contributed by atoms with Crippen molar-refractivity contribution >= 4 is 29.4 Å². The first-order valence-corrected chi connectivity index (χ1v) is 22.9. The van der Waals surface area contributed by atoms with Crippen molar-refractivity contribution in [2.75, 3.05) is 27.9 Å². The molecule has 0 unspecified atom stereocenters. The van der Waals surface area contributed by atoms with Gasteiger partial charge in [-0.05, 0) is 109 Å². The SMILES string of the molecule is CO[C@H]1C[C@@H](C)C/C(C)=C/[C@@H](C/C=C/C(=O)OC(C)C)C(=O)C[C@H](O)[C@@H](C)[C@@H](/C(C)=C/[C@@H]2CC[C@@H](O)[C@H](OC)C2)OC(=O)[C@@H]2CCCCN2C(=O)C(=O)[C@]2(O)O[C@H]1[C@@H](OC)C[C@H]2C. The van der Waals surface area contributed by atoms with Gasteiger partial charge in [0.2, 0.25) is 5.79 Å². The molecule has 0 aromatic carbocycles. The lowest BCUT2D eigenvalue weighted by Gasteiger charge is -2.47. The molecule has 2 bridgehead atoms. The maximum Gasteiger partial charge on any atom is 0.330 e. The number of rotatable bonds is 9. The molecule has 4 aliphatic rings. The number of Topliss-reactive ketones (excluding diaryl/α,β-unsaturated/α-hetero) is 2. The van der Waals surface area contributed by atoms with Crippen molar-refractivity contribution in [2.24, 2.45) is 29.6 Å². The van der Waals surface area contributed by atoms with Crippen molar-refractivity contribution in [3.8, 4) is 0 Å². The number of fused-ring (bicyclic) bond motifs is 3. The fourth-order valence-corrected chi connectivity index (χ4v) is 9.83. The number of amides is 1. The summed E-state index contributed by atoms with van der Waals surface area (Å²) in [6, 6.07) is -1.18. The van der Waals surface area contributed by atoms with E-state index in [4.69, 9.17) is 28.4 Å². The third-order valence-corrected chi connectivity index (χ3v) is 13.4. The topological polar surface area (TPSA) is 205 Å². The molecule has 2 saturated heterocycles. The summed E-state index contributed by atoms with van der Waals surface area (Å²) in [7, 11) is 4.56. The fourth-order valence-electron chi connectivity index (χ4n) is 9.83. The Morgan fingerprint density at radius 2 is 1.59 bits per heavy atom. The van der Waals surface area contributed by atoms with Crippen LogP contribution in [0.15, 0.2) is 35.5 Å². The number of methoxy groups -OCH3 is 3. The first-order chi connectivity index (χ1) is 29.7. The Morgan fingerprint density at radius 1 is 0.921 bits per heavy atom. The molecule has 3 fully saturated rings. The zero-order chi connectivity index (χ0) is 46.8. The van der Waals surface area contributed by atoms with Crippen molar-refractivity contribution in [3.05, 3.63) is 35.5 Å². The van der Waals surface area contributed by atoms with Crippen LogP contribution in [0, 0.1) is 29.6 Å². The van der Waals surface area contributed by atoms with Crippen molar-refractivity contribution in [3.63, 3.8) is 0 Å². The average molecular weight is 890 g/mol. The number of esters is 2. The average Bonchev–Trinajstić information content (AvgIpc) is 3.24. The van der Waals surface area contributed by atoms with Gasteiger partial charge in [-0.25, -0.2) is 9.59 Å². The van der Waals surface area contributed by atoms with Crippen LogP contribution in [0.3, 0.4) is 0 Å². The minimum Gasteiger partial charge on any atom is -0.460 e. The summed E-state index contributed by atoms with van der Waals surface area (Å²) in [5.74, 6) is -8.94. The van der Waals surface area contributed by atoms with Gasteiger partial charge in [0, 0.05) is 58.1 Å². The molecule has 3 N–H and O–H groups in total. The quantitative estimate of drug-likeness (QED) is 0.121. The van der Waals surface area contributed by atoms with Gasteiger partial charge in [-0.2, -0.15) is 0 Å². The fraction of sp³-hybridized carbons (Fsp3) is 0.771. The minimum atomic E-state index is -2.55. The summed E-state index contributed by atoms with van der Waals surface area (Å²) in [6.45, 7) is 12.6. The van der Waals surface area contributed by atoms with E-state index < -0.39 is 95.9 Å². The summed E-state index contributed by atoms with van der Waals surface area (Å²) in [5.41, 5.74) is 1.48. The smallest absolute Gasteiger partial charge is 0.330 e. The maximum absolute atomic E-state index is 14.4. The van der Waals surface area contributed by atoms with Crippen LogP contribution in [0.1, 0.15) is 119 Å². The van der Waals surface area contributed by atoms with Crippen molar-refractivity contribution in [1.29, 1.82) is 0 Å². The zero-order valence-electron chi connectivity index (χ0n) is 39.2. The summed E-state index contributed by atoms with van der Waals surface area (Å²) in [4.78, 5) is 70.8. The normalized spacial score (nSPS) is 38.4. The van der Waals surface area contributed by atoms with E-state index >= 15 is 0 Å². The summed E-state index contributed by atoms with van der Waals surface area (Å²) in [5, 5.41) is 34.5. The number of ether oxygens (including phenoxy) is 6. The van der Waals surface area contributed by atoms with Gasteiger partial charge in [0.05, 0.1) is 36.6 Å². The number of hydrogen-bond donors (Lipinski definition) is 3. The monoisotopic (exact) mass is 890 g/mol. The van der Waals surface area contributed by atoms with Crippen LogP contribution >= 0.6 is 0 Å². The van der Waals surface area contributed by atoms with Gasteiger partial charge in [0.15, 0.2) is 0 Å². The third kappa shape index (κ3) is 13.6. The predicted octanol–water partition coefficient (Wildman–Crippen LogP) is 4.96. The van der Waals surface area contributed by atoms with Gasteiger partial charge in [-0.1, -0.05) is 44.6 Å². The lowest BCUT2D eigenvalue weighted by atomic mass is 9.81. The predicted molar refractivity (Wildman–Crippen MR) is 233 cm³/mol. The Kier molecular flexibility index (Phi) is 19.7. The number of carbonyl (C=O) groups is 5. The van der Waals surface area contributed by atoms with Crippen molar-refractivity contribution in [1.82, 2.24) is 4.90 Å². The molecule has 0 aromatic heterocycles. The number of cyclic esters (lactones) is 1. The van der Waals surface area contributed by atoms with Gasteiger partial charge in [-0.15, -0.1) is 0 Å². The van der Waals surface area contributed by atoms with E-state index in [1.807, 2.05) is 26.0 Å². The Hall–Kier alpha value is -3.31. The molecule has 3 heterocycles. The lowest BCUT2D eigenvalue weighted by molar-refractivity contribution is -0.302. The minimum absolute atomic E-state index is 0.0509. The van der Waals surface area contributed by atoms with E-state index in [2.05, 4.69) is 0 Å². The highest BCUT2D eigenvalue weighted by atomic mass is 16.7. The van der Waals surface area contributed by atoms with E-state index in [1.54, 1.807) is 47.8 Å². The number of nitrogens with zero attached hydrogens (tertiary/aromatic N) is 1. The number of allylic oxidation sites excluding steroid dienone is 4. The van der Waals surface area contributed by atoms with Crippen LogP contribution in [0.2, 0.25) is 0 Å². The summed E-state index contributed by atoms with van der Waals surface area (Å²) < 4.78 is 35.1. The molecule has 63 heavy (non-hydrogen) atoms. The molecule has 1 amide bonds. The molecular formula is C48H75NO14. The second-order valence-corrected chi connectivity index (χ2v) is 18.9. The van der Waals surface area contributed by atoms with Gasteiger partial charge < -0.3 is 48.6 Å². The molecule has 14 atom stereocenters. The second-order valence-electron chi connectivity index (χ2n) is 18.9. The van der Waals surface area contributed by atoms with Gasteiger partial charge in [-0.3, -0.25) is 14.4 Å². The molecule has 0 radical (unpaired) electrons. The van der Waals surface area contributed by atoms with Crippen LogP contribution in [0.4, 0.5) is 0 Å². The second kappa shape index (κ2) is 23.7. The molecule has 0 aromatic rings. The first kappa shape index (κ1) is 52.3. The van der Waals surface area contributed by atoms with E-state index in [9.17, 15) is 39.3 Å². The van der Waals surface area contributed by atoms with Crippen molar-refractivity contribution < 1.29 is 67.7 Å². The van der Waals surface area contributed by atoms with E-state index in [1.165, 1.54) is 20.3 Å². The van der Waals surface area contributed by atoms with E-state index in [0.717, 1.165) is 10.5 Å². The molecule has 356 valence electrons.